The van der Waals surface area contributed by atoms with Crippen LogP contribution in [0.1, 0.15) is 26.6 Å². The molecule has 0 spiro atoms. The maximum Gasteiger partial charge on any atom is 0.328 e. The van der Waals surface area contributed by atoms with E-state index in [9.17, 15) is 9.59 Å². The van der Waals surface area contributed by atoms with Crippen molar-refractivity contribution in [1.82, 2.24) is 9.97 Å². The van der Waals surface area contributed by atoms with Crippen molar-refractivity contribution < 1.29 is 9.90 Å². The van der Waals surface area contributed by atoms with Crippen LogP contribution in [-0.4, -0.2) is 26.6 Å². The summed E-state index contributed by atoms with van der Waals surface area (Å²) < 4.78 is 0. The van der Waals surface area contributed by atoms with Gasteiger partial charge in [-0.05, 0) is 13.8 Å². The smallest absolute Gasteiger partial charge is 0.328 e. The second-order valence-corrected chi connectivity index (χ2v) is 3.99. The maximum absolute atomic E-state index is 11.2. The summed E-state index contributed by atoms with van der Waals surface area (Å²) in [6, 6.07) is 1.24. The minimum atomic E-state index is -1.16. The van der Waals surface area contributed by atoms with Gasteiger partial charge in [-0.2, -0.15) is 0 Å². The lowest BCUT2D eigenvalue weighted by Crippen LogP contribution is -2.40. The number of nitrogens with one attached hydrogen (secondary N) is 2. The van der Waals surface area contributed by atoms with Crippen LogP contribution in [-0.2, 0) is 11.2 Å². The number of aromatic nitrogens is 2. The van der Waals surface area contributed by atoms with Gasteiger partial charge in [-0.25, -0.2) is 9.78 Å². The van der Waals surface area contributed by atoms with E-state index in [1.165, 1.54) is 19.9 Å². The van der Waals surface area contributed by atoms with Crippen molar-refractivity contribution in [3.05, 3.63) is 22.2 Å². The van der Waals surface area contributed by atoms with Crippen LogP contribution in [0.2, 0.25) is 0 Å². The molecule has 0 unspecified atom stereocenters. The highest BCUT2D eigenvalue weighted by Crippen LogP contribution is 2.11. The summed E-state index contributed by atoms with van der Waals surface area (Å²) in [5.41, 5.74) is -1.46. The van der Waals surface area contributed by atoms with Gasteiger partial charge in [0.2, 0.25) is 0 Å². The molecule has 6 heteroatoms. The number of H-pyrrole nitrogens is 1. The Bertz CT molecular complexity index is 451. The molecular weight excluding hydrogens is 210 g/mol. The van der Waals surface area contributed by atoms with Crippen molar-refractivity contribution in [2.75, 3.05) is 5.32 Å². The normalized spacial score (nSPS) is 11.2. The van der Waals surface area contributed by atoms with Crippen LogP contribution in [0, 0.1) is 0 Å². The predicted molar refractivity (Wildman–Crippen MR) is 59.6 cm³/mol. The van der Waals surface area contributed by atoms with E-state index in [1.54, 1.807) is 0 Å². The number of carboxylic acid groups (broad SMARTS) is 1. The Morgan fingerprint density at radius 1 is 1.62 bits per heavy atom. The van der Waals surface area contributed by atoms with Gasteiger partial charge in [0.25, 0.3) is 5.56 Å². The van der Waals surface area contributed by atoms with Gasteiger partial charge in [0.05, 0.1) is 0 Å². The van der Waals surface area contributed by atoms with Gasteiger partial charge >= 0.3 is 5.97 Å². The number of aryl methyl sites for hydroxylation is 1. The van der Waals surface area contributed by atoms with Crippen molar-refractivity contribution in [3.63, 3.8) is 0 Å². The molecule has 6 nitrogen and oxygen atoms in total. The first kappa shape index (κ1) is 12.2. The lowest BCUT2D eigenvalue weighted by atomic mass is 10.1. The topological polar surface area (TPSA) is 95.1 Å². The molecule has 0 bridgehead atoms. The van der Waals surface area contributed by atoms with Crippen molar-refractivity contribution in [3.8, 4) is 0 Å². The number of rotatable bonds is 4. The van der Waals surface area contributed by atoms with E-state index in [1.807, 2.05) is 6.92 Å². The molecule has 0 fully saturated rings. The molecule has 0 saturated carbocycles. The van der Waals surface area contributed by atoms with Gasteiger partial charge in [-0.15, -0.1) is 0 Å². The molecule has 3 N–H and O–H groups in total. The highest BCUT2D eigenvalue weighted by molar-refractivity contribution is 5.81. The first-order chi connectivity index (χ1) is 7.35. The minimum Gasteiger partial charge on any atom is -0.480 e. The third-order valence-electron chi connectivity index (χ3n) is 2.10. The highest BCUT2D eigenvalue weighted by atomic mass is 16.4. The lowest BCUT2D eigenvalue weighted by Gasteiger charge is -2.21. The van der Waals surface area contributed by atoms with Crippen molar-refractivity contribution in [1.29, 1.82) is 0 Å². The molecule has 1 heterocycles. The van der Waals surface area contributed by atoms with E-state index in [4.69, 9.17) is 5.11 Å². The Labute approximate surface area is 92.7 Å². The summed E-state index contributed by atoms with van der Waals surface area (Å²) in [4.78, 5) is 28.8. The molecule has 0 saturated heterocycles. The maximum atomic E-state index is 11.2. The van der Waals surface area contributed by atoms with Crippen LogP contribution in [0.4, 0.5) is 5.82 Å². The summed E-state index contributed by atoms with van der Waals surface area (Å²) in [5.74, 6) is -0.211. The Hall–Kier alpha value is -1.85. The summed E-state index contributed by atoms with van der Waals surface area (Å²) in [7, 11) is 0. The van der Waals surface area contributed by atoms with Crippen LogP contribution < -0.4 is 10.9 Å². The van der Waals surface area contributed by atoms with Gasteiger partial charge in [0, 0.05) is 12.5 Å². The molecule has 88 valence electrons. The van der Waals surface area contributed by atoms with Gasteiger partial charge in [0.1, 0.15) is 17.2 Å². The molecule has 16 heavy (non-hydrogen) atoms. The van der Waals surface area contributed by atoms with Crippen LogP contribution in [0.3, 0.4) is 0 Å². The van der Waals surface area contributed by atoms with Gasteiger partial charge in [-0.1, -0.05) is 6.92 Å². The number of hydrogen-bond acceptors (Lipinski definition) is 4. The summed E-state index contributed by atoms with van der Waals surface area (Å²) in [5, 5.41) is 11.6. The number of aromatic amines is 1. The number of hydrogen-bond donors (Lipinski definition) is 3. The van der Waals surface area contributed by atoms with Crippen molar-refractivity contribution in [2.24, 2.45) is 0 Å². The molecule has 0 aliphatic carbocycles. The van der Waals surface area contributed by atoms with Crippen LogP contribution in [0.5, 0.6) is 0 Å². The highest BCUT2D eigenvalue weighted by Gasteiger charge is 2.27. The standard InChI is InChI=1S/C10H15N3O3/c1-4-6-11-7(5-8(14)12-6)13-10(2,3)9(15)16/h5H,4H2,1-3H3,(H,15,16)(H2,11,12,13,14). The predicted octanol–water partition coefficient (Wildman–Crippen LogP) is 0.607. The van der Waals surface area contributed by atoms with E-state index in [2.05, 4.69) is 15.3 Å². The molecule has 0 atom stereocenters. The summed E-state index contributed by atoms with van der Waals surface area (Å²) in [6.07, 6.45) is 0.582. The number of carboxylic acids is 1. The van der Waals surface area contributed by atoms with E-state index >= 15 is 0 Å². The van der Waals surface area contributed by atoms with Crippen LogP contribution >= 0.6 is 0 Å². The van der Waals surface area contributed by atoms with E-state index in [0.717, 1.165) is 0 Å². The zero-order valence-corrected chi connectivity index (χ0v) is 9.50. The molecule has 1 rings (SSSR count). The summed E-state index contributed by atoms with van der Waals surface area (Å²) >= 11 is 0. The van der Waals surface area contributed by atoms with Crippen molar-refractivity contribution >= 4 is 11.8 Å². The lowest BCUT2D eigenvalue weighted by molar-refractivity contribution is -0.141. The Morgan fingerprint density at radius 2 is 2.25 bits per heavy atom. The quantitative estimate of drug-likeness (QED) is 0.697. The van der Waals surface area contributed by atoms with Gasteiger partial charge in [0.15, 0.2) is 0 Å². The minimum absolute atomic E-state index is 0.271. The first-order valence-corrected chi connectivity index (χ1v) is 4.97. The second kappa shape index (κ2) is 4.34. The Balaban J connectivity index is 3.02. The molecule has 1 aromatic rings. The average molecular weight is 225 g/mol. The molecule has 0 aliphatic rings. The van der Waals surface area contributed by atoms with E-state index < -0.39 is 11.5 Å². The van der Waals surface area contributed by atoms with Crippen LogP contribution in [0.15, 0.2) is 10.9 Å². The molecule has 1 aromatic heterocycles. The monoisotopic (exact) mass is 225 g/mol. The fourth-order valence-electron chi connectivity index (χ4n) is 1.11. The van der Waals surface area contributed by atoms with Gasteiger partial charge in [-0.3, -0.25) is 4.79 Å². The number of anilines is 1. The zero-order valence-electron chi connectivity index (χ0n) is 9.50. The molecule has 0 amide bonds. The molecule has 0 aromatic carbocycles. The second-order valence-electron chi connectivity index (χ2n) is 3.99. The fraction of sp³-hybridized carbons (Fsp3) is 0.500. The van der Waals surface area contributed by atoms with E-state index in [-0.39, 0.29) is 11.4 Å². The Kier molecular flexibility index (Phi) is 3.31. The van der Waals surface area contributed by atoms with Crippen LogP contribution in [0.25, 0.3) is 0 Å². The first-order valence-electron chi connectivity index (χ1n) is 4.97. The number of nitrogens with zero attached hydrogens (tertiary/aromatic N) is 1. The number of aliphatic carboxylic acids is 1. The fourth-order valence-corrected chi connectivity index (χ4v) is 1.11. The molecular formula is C10H15N3O3. The third kappa shape index (κ3) is 2.82. The SMILES string of the molecule is CCc1nc(NC(C)(C)C(=O)O)cc(=O)[nH]1. The Morgan fingerprint density at radius 3 is 2.75 bits per heavy atom. The largest absolute Gasteiger partial charge is 0.480 e. The van der Waals surface area contributed by atoms with E-state index in [0.29, 0.717) is 12.2 Å². The molecule has 0 radical (unpaired) electrons. The van der Waals surface area contributed by atoms with Crippen molar-refractivity contribution in [2.45, 2.75) is 32.7 Å². The molecule has 0 aliphatic heterocycles. The third-order valence-corrected chi connectivity index (χ3v) is 2.10. The number of carbonyl (C=O) groups is 1. The average Bonchev–Trinajstić information content (AvgIpc) is 2.15. The summed E-state index contributed by atoms with van der Waals surface area (Å²) in [6.45, 7) is 4.86. The zero-order chi connectivity index (χ0) is 12.3. The van der Waals surface area contributed by atoms with Gasteiger partial charge < -0.3 is 15.4 Å².